The summed E-state index contributed by atoms with van der Waals surface area (Å²) in [6.45, 7) is 2.56. The molecule has 0 aromatic carbocycles. The third kappa shape index (κ3) is 4.27. The van der Waals surface area contributed by atoms with Crippen LogP contribution in [0, 0.1) is 0 Å². The third-order valence-corrected chi connectivity index (χ3v) is 5.24. The van der Waals surface area contributed by atoms with Gasteiger partial charge in [0, 0.05) is 29.0 Å². The summed E-state index contributed by atoms with van der Waals surface area (Å²) in [5.41, 5.74) is 0. The van der Waals surface area contributed by atoms with E-state index in [0.717, 1.165) is 11.0 Å². The second kappa shape index (κ2) is 6.83. The van der Waals surface area contributed by atoms with Crippen LogP contribution in [0.25, 0.3) is 0 Å². The van der Waals surface area contributed by atoms with Crippen molar-refractivity contribution in [2.75, 3.05) is 26.7 Å². The molecule has 1 amide bonds. The van der Waals surface area contributed by atoms with Crippen LogP contribution in [0.15, 0.2) is 15.9 Å². The molecule has 0 aliphatic carbocycles. The third-order valence-electron chi connectivity index (χ3n) is 3.33. The second-order valence-corrected chi connectivity index (χ2v) is 6.83. The van der Waals surface area contributed by atoms with E-state index in [1.165, 1.54) is 4.88 Å². The summed E-state index contributed by atoms with van der Waals surface area (Å²) in [5, 5.41) is 11.5. The van der Waals surface area contributed by atoms with Crippen molar-refractivity contribution in [3.8, 4) is 0 Å². The van der Waals surface area contributed by atoms with Crippen LogP contribution in [-0.2, 0) is 11.3 Å². The van der Waals surface area contributed by atoms with E-state index in [1.54, 1.807) is 11.3 Å². The van der Waals surface area contributed by atoms with Crippen molar-refractivity contribution in [3.05, 3.63) is 20.8 Å². The molecule has 1 N–H and O–H groups in total. The zero-order chi connectivity index (χ0) is 13.8. The van der Waals surface area contributed by atoms with Crippen molar-refractivity contribution >= 4 is 33.2 Å². The summed E-state index contributed by atoms with van der Waals surface area (Å²) in [6, 6.07) is 2.03. The van der Waals surface area contributed by atoms with Crippen LogP contribution < -0.4 is 0 Å². The van der Waals surface area contributed by atoms with E-state index in [2.05, 4.69) is 15.9 Å². The fourth-order valence-corrected chi connectivity index (χ4v) is 3.74. The van der Waals surface area contributed by atoms with E-state index < -0.39 is 0 Å². The Balaban J connectivity index is 1.80. The summed E-state index contributed by atoms with van der Waals surface area (Å²) < 4.78 is 1.11. The molecule has 1 aliphatic heterocycles. The average molecular weight is 347 g/mol. The fourth-order valence-electron chi connectivity index (χ4n) is 2.19. The number of carbonyl (C=O) groups excluding carboxylic acids is 1. The van der Waals surface area contributed by atoms with Crippen molar-refractivity contribution in [3.63, 3.8) is 0 Å². The molecule has 0 radical (unpaired) electrons. The number of hydrogen-bond donors (Lipinski definition) is 1. The van der Waals surface area contributed by atoms with Gasteiger partial charge in [0.1, 0.15) is 0 Å². The number of hydrogen-bond acceptors (Lipinski definition) is 4. The first-order valence-corrected chi connectivity index (χ1v) is 8.10. The fraction of sp³-hybridized carbons (Fsp3) is 0.615. The molecule has 0 bridgehead atoms. The quantitative estimate of drug-likeness (QED) is 0.905. The summed E-state index contributed by atoms with van der Waals surface area (Å²) in [5.74, 6) is 0.155. The lowest BCUT2D eigenvalue weighted by Crippen LogP contribution is -2.44. The maximum atomic E-state index is 12.1. The monoisotopic (exact) mass is 346 g/mol. The molecule has 6 heteroatoms. The van der Waals surface area contributed by atoms with Crippen LogP contribution in [0.3, 0.4) is 0 Å². The lowest BCUT2D eigenvalue weighted by molar-refractivity contribution is -0.134. The number of nitrogens with zero attached hydrogens (tertiary/aromatic N) is 2. The number of amides is 1. The molecule has 1 aromatic heterocycles. The Morgan fingerprint density at radius 1 is 1.58 bits per heavy atom. The molecule has 106 valence electrons. The smallest absolute Gasteiger partial charge is 0.236 e. The van der Waals surface area contributed by atoms with E-state index in [1.807, 2.05) is 28.3 Å². The number of aliphatic hydroxyl groups excluding tert-OH is 1. The Morgan fingerprint density at radius 3 is 2.84 bits per heavy atom. The Bertz CT molecular complexity index is 430. The number of rotatable bonds is 4. The predicted octanol–water partition coefficient (Wildman–Crippen LogP) is 1.93. The number of carbonyl (C=O) groups is 1. The summed E-state index contributed by atoms with van der Waals surface area (Å²) in [7, 11) is 1.96. The molecular formula is C13H19BrN2O2S. The predicted molar refractivity (Wildman–Crippen MR) is 80.2 cm³/mol. The lowest BCUT2D eigenvalue weighted by atomic mass is 10.1. The molecule has 4 nitrogen and oxygen atoms in total. The Labute approximate surface area is 126 Å². The summed E-state index contributed by atoms with van der Waals surface area (Å²) in [4.78, 5) is 17.2. The Hall–Kier alpha value is -0.430. The van der Waals surface area contributed by atoms with Crippen LogP contribution in [0.2, 0.25) is 0 Å². The number of thiophene rings is 1. The van der Waals surface area contributed by atoms with Gasteiger partial charge >= 0.3 is 0 Å². The van der Waals surface area contributed by atoms with Gasteiger partial charge in [-0.3, -0.25) is 9.69 Å². The molecule has 1 aliphatic rings. The van der Waals surface area contributed by atoms with Crippen LogP contribution in [0.1, 0.15) is 17.7 Å². The number of aliphatic hydroxyl groups is 1. The zero-order valence-corrected chi connectivity index (χ0v) is 13.4. The van der Waals surface area contributed by atoms with Gasteiger partial charge in [-0.25, -0.2) is 0 Å². The van der Waals surface area contributed by atoms with Gasteiger partial charge in [-0.05, 0) is 47.3 Å². The number of likely N-dealkylation sites (tertiary alicyclic amines) is 1. The first-order chi connectivity index (χ1) is 9.06. The Kier molecular flexibility index (Phi) is 5.38. The van der Waals surface area contributed by atoms with Crippen LogP contribution in [0.4, 0.5) is 0 Å². The maximum absolute atomic E-state index is 12.1. The van der Waals surface area contributed by atoms with E-state index in [0.29, 0.717) is 32.5 Å². The van der Waals surface area contributed by atoms with Gasteiger partial charge in [-0.2, -0.15) is 0 Å². The van der Waals surface area contributed by atoms with Crippen molar-refractivity contribution in [1.29, 1.82) is 0 Å². The van der Waals surface area contributed by atoms with Gasteiger partial charge in [0.25, 0.3) is 0 Å². The highest BCUT2D eigenvalue weighted by Gasteiger charge is 2.22. The van der Waals surface area contributed by atoms with Gasteiger partial charge in [0.05, 0.1) is 12.6 Å². The van der Waals surface area contributed by atoms with Crippen LogP contribution in [-0.4, -0.2) is 53.6 Å². The lowest BCUT2D eigenvalue weighted by Gasteiger charge is -2.31. The standard InChI is InChI=1S/C13H19BrN2O2S/c1-15(8-12-11(14)4-7-19-12)9-13(18)16-5-2-10(17)3-6-16/h4,7,10,17H,2-3,5-6,8-9H2,1H3. The van der Waals surface area contributed by atoms with Crippen molar-refractivity contribution in [2.45, 2.75) is 25.5 Å². The highest BCUT2D eigenvalue weighted by atomic mass is 79.9. The maximum Gasteiger partial charge on any atom is 0.236 e. The van der Waals surface area contributed by atoms with Crippen molar-refractivity contribution in [1.82, 2.24) is 9.80 Å². The highest BCUT2D eigenvalue weighted by molar-refractivity contribution is 9.10. The molecule has 0 saturated carbocycles. The van der Waals surface area contributed by atoms with Gasteiger partial charge < -0.3 is 10.0 Å². The van der Waals surface area contributed by atoms with Crippen molar-refractivity contribution < 1.29 is 9.90 Å². The van der Waals surface area contributed by atoms with E-state index in [9.17, 15) is 9.90 Å². The number of piperidine rings is 1. The van der Waals surface area contributed by atoms with Crippen LogP contribution in [0.5, 0.6) is 0 Å². The minimum absolute atomic E-state index is 0.155. The molecule has 1 fully saturated rings. The summed E-state index contributed by atoms with van der Waals surface area (Å²) >= 11 is 5.20. The normalized spacial score (nSPS) is 17.2. The molecule has 19 heavy (non-hydrogen) atoms. The topological polar surface area (TPSA) is 43.8 Å². The molecular weight excluding hydrogens is 328 g/mol. The van der Waals surface area contributed by atoms with E-state index in [4.69, 9.17) is 0 Å². The number of halogens is 1. The molecule has 1 saturated heterocycles. The van der Waals surface area contributed by atoms with E-state index >= 15 is 0 Å². The van der Waals surface area contributed by atoms with Gasteiger partial charge in [-0.15, -0.1) is 11.3 Å². The first kappa shape index (κ1) is 15.0. The van der Waals surface area contributed by atoms with Crippen molar-refractivity contribution in [2.24, 2.45) is 0 Å². The van der Waals surface area contributed by atoms with Gasteiger partial charge in [0.15, 0.2) is 0 Å². The molecule has 0 unspecified atom stereocenters. The Morgan fingerprint density at radius 2 is 2.26 bits per heavy atom. The molecule has 2 heterocycles. The largest absolute Gasteiger partial charge is 0.393 e. The SMILES string of the molecule is CN(CC(=O)N1CCC(O)CC1)Cc1sccc1Br. The first-order valence-electron chi connectivity index (χ1n) is 6.42. The number of likely N-dealkylation sites (N-methyl/N-ethyl adjacent to an activating group) is 1. The molecule has 0 atom stereocenters. The highest BCUT2D eigenvalue weighted by Crippen LogP contribution is 2.23. The molecule has 1 aromatic rings. The molecule has 0 spiro atoms. The molecule has 2 rings (SSSR count). The van der Waals surface area contributed by atoms with Gasteiger partial charge in [0.2, 0.25) is 5.91 Å². The van der Waals surface area contributed by atoms with Gasteiger partial charge in [-0.1, -0.05) is 0 Å². The van der Waals surface area contributed by atoms with E-state index in [-0.39, 0.29) is 12.0 Å². The van der Waals surface area contributed by atoms with Crippen LogP contribution >= 0.6 is 27.3 Å². The minimum Gasteiger partial charge on any atom is -0.393 e. The second-order valence-electron chi connectivity index (χ2n) is 4.98. The average Bonchev–Trinajstić information content (AvgIpc) is 2.75. The summed E-state index contributed by atoms with van der Waals surface area (Å²) in [6.07, 6.45) is 1.17. The zero-order valence-electron chi connectivity index (χ0n) is 11.0. The minimum atomic E-state index is -0.233.